The van der Waals surface area contributed by atoms with Crippen LogP contribution >= 0.6 is 23.1 Å². The van der Waals surface area contributed by atoms with Crippen LogP contribution in [0.15, 0.2) is 29.7 Å². The molecule has 0 aliphatic carbocycles. The molecule has 26 heavy (non-hydrogen) atoms. The summed E-state index contributed by atoms with van der Waals surface area (Å²) in [5.74, 6) is -1.09. The van der Waals surface area contributed by atoms with Gasteiger partial charge in [0.15, 0.2) is 5.65 Å². The second-order valence-electron chi connectivity index (χ2n) is 5.22. The fraction of sp³-hybridized carbons (Fsp3) is 0.0714. The summed E-state index contributed by atoms with van der Waals surface area (Å²) in [6.07, 6.45) is 3.93. The highest BCUT2D eigenvalue weighted by molar-refractivity contribution is 7.08. The Kier molecular flexibility index (Phi) is 3.74. The first-order valence-electron chi connectivity index (χ1n) is 7.10. The number of nitrogens with zero attached hydrogens (tertiary/aromatic N) is 7. The monoisotopic (exact) mass is 389 g/mol. The Hall–Kier alpha value is -3.18. The van der Waals surface area contributed by atoms with Gasteiger partial charge in [-0.2, -0.15) is 14.8 Å². The Morgan fingerprint density at radius 2 is 2.15 bits per heavy atom. The van der Waals surface area contributed by atoms with E-state index >= 15 is 0 Å². The molecular weight excluding hydrogens is 382 g/mol. The molecule has 4 heterocycles. The molecule has 10 nitrogen and oxygen atoms in total. The Bertz CT molecular complexity index is 1220. The number of aromatic nitrogens is 7. The molecule has 0 aliphatic heterocycles. The SMILES string of the molecule is Cc1cc(Cl)nc2c1c(=O)c(C(=O)O)cn2-c1nc(-n2cncn2)ns1. The number of aryl methyl sites for hydroxylation is 1. The van der Waals surface area contributed by atoms with Crippen molar-refractivity contribution in [2.45, 2.75) is 6.92 Å². The van der Waals surface area contributed by atoms with Crippen molar-refractivity contribution in [3.63, 3.8) is 0 Å². The highest BCUT2D eigenvalue weighted by Crippen LogP contribution is 2.23. The Balaban J connectivity index is 2.04. The molecule has 0 radical (unpaired) electrons. The van der Waals surface area contributed by atoms with E-state index in [4.69, 9.17) is 11.6 Å². The third kappa shape index (κ3) is 2.53. The molecule has 0 bridgehead atoms. The first-order valence-corrected chi connectivity index (χ1v) is 8.25. The van der Waals surface area contributed by atoms with Gasteiger partial charge >= 0.3 is 5.97 Å². The van der Waals surface area contributed by atoms with E-state index in [0.29, 0.717) is 10.7 Å². The molecule has 0 saturated carbocycles. The molecule has 0 aromatic carbocycles. The minimum Gasteiger partial charge on any atom is -0.477 e. The van der Waals surface area contributed by atoms with E-state index in [0.717, 1.165) is 11.5 Å². The molecular formula is C14H8ClN7O3S. The van der Waals surface area contributed by atoms with Crippen LogP contribution < -0.4 is 5.43 Å². The zero-order chi connectivity index (χ0) is 18.4. The zero-order valence-corrected chi connectivity index (χ0v) is 14.6. The molecule has 0 aliphatic rings. The van der Waals surface area contributed by atoms with Crippen LogP contribution in [-0.4, -0.2) is 44.7 Å². The van der Waals surface area contributed by atoms with E-state index in [1.165, 1.54) is 34.2 Å². The van der Waals surface area contributed by atoms with Crippen LogP contribution in [0.3, 0.4) is 0 Å². The summed E-state index contributed by atoms with van der Waals surface area (Å²) in [7, 11) is 0. The lowest BCUT2D eigenvalue weighted by Crippen LogP contribution is -2.20. The zero-order valence-electron chi connectivity index (χ0n) is 13.0. The molecule has 1 N–H and O–H groups in total. The number of pyridine rings is 2. The van der Waals surface area contributed by atoms with Crippen molar-refractivity contribution in [1.82, 2.24) is 33.7 Å². The Labute approximate surface area is 153 Å². The quantitative estimate of drug-likeness (QED) is 0.521. The lowest BCUT2D eigenvalue weighted by molar-refractivity contribution is 0.0695. The summed E-state index contributed by atoms with van der Waals surface area (Å²) in [6, 6.07) is 1.50. The number of rotatable bonds is 3. The number of hydrogen-bond donors (Lipinski definition) is 1. The van der Waals surface area contributed by atoms with Crippen LogP contribution in [0.2, 0.25) is 5.15 Å². The van der Waals surface area contributed by atoms with E-state index in [1.54, 1.807) is 6.92 Å². The second kappa shape index (κ2) is 5.97. The lowest BCUT2D eigenvalue weighted by atomic mass is 10.1. The molecule has 0 atom stereocenters. The minimum atomic E-state index is -1.35. The van der Waals surface area contributed by atoms with Crippen LogP contribution in [0, 0.1) is 6.92 Å². The first-order chi connectivity index (χ1) is 12.5. The number of halogens is 1. The molecule has 4 aromatic rings. The highest BCUT2D eigenvalue weighted by atomic mass is 35.5. The predicted octanol–water partition coefficient (Wildman–Crippen LogP) is 1.48. The average Bonchev–Trinajstić information content (AvgIpc) is 3.25. The fourth-order valence-corrected chi connectivity index (χ4v) is 3.34. The Morgan fingerprint density at radius 1 is 1.35 bits per heavy atom. The van der Waals surface area contributed by atoms with Gasteiger partial charge in [0.25, 0.3) is 5.95 Å². The van der Waals surface area contributed by atoms with E-state index < -0.39 is 17.0 Å². The average molecular weight is 390 g/mol. The normalized spacial score (nSPS) is 11.2. The summed E-state index contributed by atoms with van der Waals surface area (Å²) in [5.41, 5.74) is -0.317. The smallest absolute Gasteiger partial charge is 0.341 e. The van der Waals surface area contributed by atoms with Crippen molar-refractivity contribution < 1.29 is 9.90 Å². The predicted molar refractivity (Wildman–Crippen MR) is 92.4 cm³/mol. The largest absolute Gasteiger partial charge is 0.477 e. The molecule has 0 fully saturated rings. The van der Waals surface area contributed by atoms with Gasteiger partial charge in [0.05, 0.1) is 5.39 Å². The van der Waals surface area contributed by atoms with Crippen LogP contribution in [0.25, 0.3) is 22.1 Å². The molecule has 130 valence electrons. The van der Waals surface area contributed by atoms with Crippen molar-refractivity contribution >= 4 is 40.1 Å². The Morgan fingerprint density at radius 3 is 2.85 bits per heavy atom. The molecule has 0 spiro atoms. The number of fused-ring (bicyclic) bond motifs is 1. The summed E-state index contributed by atoms with van der Waals surface area (Å²) < 4.78 is 6.91. The maximum atomic E-state index is 12.5. The fourth-order valence-electron chi connectivity index (χ4n) is 2.46. The summed E-state index contributed by atoms with van der Waals surface area (Å²) in [6.45, 7) is 1.66. The minimum absolute atomic E-state index is 0.159. The van der Waals surface area contributed by atoms with Gasteiger partial charge in [0.1, 0.15) is 23.4 Å². The van der Waals surface area contributed by atoms with Gasteiger partial charge < -0.3 is 5.11 Å². The number of carboxylic acids is 1. The third-order valence-electron chi connectivity index (χ3n) is 3.59. The maximum Gasteiger partial charge on any atom is 0.341 e. The molecule has 4 aromatic heterocycles. The van der Waals surface area contributed by atoms with Crippen molar-refractivity contribution in [1.29, 1.82) is 0 Å². The lowest BCUT2D eigenvalue weighted by Gasteiger charge is -2.10. The summed E-state index contributed by atoms with van der Waals surface area (Å²) in [5, 5.41) is 14.0. The van der Waals surface area contributed by atoms with Crippen molar-refractivity contribution in [3.8, 4) is 11.1 Å². The van der Waals surface area contributed by atoms with E-state index in [1.807, 2.05) is 0 Å². The first kappa shape index (κ1) is 16.3. The molecule has 0 saturated heterocycles. The van der Waals surface area contributed by atoms with E-state index in [-0.39, 0.29) is 22.1 Å². The number of hydrogen-bond acceptors (Lipinski definition) is 8. The van der Waals surface area contributed by atoms with Crippen LogP contribution in [0.4, 0.5) is 0 Å². The summed E-state index contributed by atoms with van der Waals surface area (Å²) >= 11 is 7.02. The van der Waals surface area contributed by atoms with Gasteiger partial charge in [-0.15, -0.1) is 4.37 Å². The maximum absolute atomic E-state index is 12.5. The number of carboxylic acid groups (broad SMARTS) is 1. The van der Waals surface area contributed by atoms with Crippen molar-refractivity contribution in [2.24, 2.45) is 0 Å². The van der Waals surface area contributed by atoms with E-state index in [2.05, 4.69) is 24.4 Å². The van der Waals surface area contributed by atoms with Gasteiger partial charge in [-0.3, -0.25) is 9.36 Å². The standard InChI is InChI=1S/C14H8ClN7O3S/c1-6-2-8(15)18-11-9(6)10(23)7(12(24)25)3-21(11)14-19-13(20-26-14)22-5-16-4-17-22/h2-5H,1H3,(H,24,25). The second-order valence-corrected chi connectivity index (χ2v) is 6.34. The molecule has 12 heteroatoms. The third-order valence-corrected chi connectivity index (χ3v) is 4.49. The number of carbonyl (C=O) groups is 1. The molecule has 0 unspecified atom stereocenters. The van der Waals surface area contributed by atoms with Crippen LogP contribution in [0.1, 0.15) is 15.9 Å². The van der Waals surface area contributed by atoms with Crippen molar-refractivity contribution in [2.75, 3.05) is 0 Å². The van der Waals surface area contributed by atoms with Crippen LogP contribution in [0.5, 0.6) is 0 Å². The van der Waals surface area contributed by atoms with E-state index in [9.17, 15) is 14.7 Å². The molecule has 4 rings (SSSR count). The van der Waals surface area contributed by atoms with Gasteiger partial charge in [0, 0.05) is 17.7 Å². The van der Waals surface area contributed by atoms with Crippen molar-refractivity contribution in [3.05, 3.63) is 51.4 Å². The van der Waals surface area contributed by atoms with Crippen LogP contribution in [-0.2, 0) is 0 Å². The summed E-state index contributed by atoms with van der Waals surface area (Å²) in [4.78, 5) is 36.4. The van der Waals surface area contributed by atoms with Gasteiger partial charge in [-0.1, -0.05) is 11.6 Å². The molecule has 0 amide bonds. The topological polar surface area (TPSA) is 129 Å². The van der Waals surface area contributed by atoms with Gasteiger partial charge in [-0.25, -0.2) is 14.8 Å². The number of aromatic carboxylic acids is 1. The van der Waals surface area contributed by atoms with Gasteiger partial charge in [-0.05, 0) is 18.6 Å². The highest BCUT2D eigenvalue weighted by Gasteiger charge is 2.20. The van der Waals surface area contributed by atoms with Gasteiger partial charge in [0.2, 0.25) is 10.6 Å².